The number of nitrogens with zero attached hydrogens (tertiary/aromatic N) is 2. The van der Waals surface area contributed by atoms with Crippen molar-refractivity contribution in [3.05, 3.63) is 28.7 Å². The Morgan fingerprint density at radius 3 is 2.59 bits per heavy atom. The summed E-state index contributed by atoms with van der Waals surface area (Å²) >= 11 is 0. The Labute approximate surface area is 157 Å². The number of aryl methyl sites for hydroxylation is 1. The van der Waals surface area contributed by atoms with Crippen molar-refractivity contribution >= 4 is 27.2 Å². The maximum atomic E-state index is 12.8. The number of oxazole rings is 1. The zero-order chi connectivity index (χ0) is 20.6. The molecule has 1 aromatic carbocycles. The molecule has 1 N–H and O–H groups in total. The number of carbonyl (C=O) groups excluding carboxylic acids is 1. The molecule has 2 aromatic rings. The second-order valence-electron chi connectivity index (χ2n) is 7.39. The summed E-state index contributed by atoms with van der Waals surface area (Å²) in [6.07, 6.45) is -0.617. The lowest BCUT2D eigenvalue weighted by molar-refractivity contribution is 0.0504. The molecule has 27 heavy (non-hydrogen) atoms. The minimum Gasteiger partial charge on any atom is -0.444 e. The fraction of sp³-hybridized carbons (Fsp3) is 0.529. The Balaban J connectivity index is 2.14. The van der Waals surface area contributed by atoms with Crippen molar-refractivity contribution in [1.82, 2.24) is 14.2 Å². The van der Waals surface area contributed by atoms with Gasteiger partial charge in [0.15, 0.2) is 5.58 Å². The molecule has 0 aliphatic carbocycles. The molecule has 0 spiro atoms. The van der Waals surface area contributed by atoms with Gasteiger partial charge in [-0.15, -0.1) is 0 Å². The highest BCUT2D eigenvalue weighted by Gasteiger charge is 2.25. The number of hydrogen-bond donors (Lipinski definition) is 1. The number of aromatic nitrogens is 1. The van der Waals surface area contributed by atoms with Crippen LogP contribution in [0.1, 0.15) is 27.7 Å². The van der Waals surface area contributed by atoms with Gasteiger partial charge in [-0.05, 0) is 39.8 Å². The van der Waals surface area contributed by atoms with Crippen LogP contribution in [0.5, 0.6) is 0 Å². The fourth-order valence-corrected chi connectivity index (χ4v) is 3.77. The van der Waals surface area contributed by atoms with E-state index in [1.165, 1.54) is 29.8 Å². The van der Waals surface area contributed by atoms with Crippen molar-refractivity contribution in [2.75, 3.05) is 13.6 Å². The van der Waals surface area contributed by atoms with Gasteiger partial charge >= 0.3 is 11.8 Å². The largest absolute Gasteiger partial charge is 0.444 e. The third-order valence-electron chi connectivity index (χ3n) is 3.77. The highest BCUT2D eigenvalue weighted by atomic mass is 32.2. The molecule has 0 unspecified atom stereocenters. The summed E-state index contributed by atoms with van der Waals surface area (Å²) in [7, 11) is -0.879. The van der Waals surface area contributed by atoms with Gasteiger partial charge < -0.3 is 14.5 Å². The normalized spacial score (nSPS) is 13.7. The zero-order valence-electron chi connectivity index (χ0n) is 16.3. The first-order chi connectivity index (χ1) is 12.3. The molecule has 0 radical (unpaired) electrons. The minimum absolute atomic E-state index is 0.00341. The summed E-state index contributed by atoms with van der Waals surface area (Å²) in [5.41, 5.74) is 0.0510. The maximum absolute atomic E-state index is 12.8. The number of likely N-dealkylation sites (N-methyl/N-ethyl adjacent to an activating group) is 1. The zero-order valence-corrected chi connectivity index (χ0v) is 17.1. The Morgan fingerprint density at radius 2 is 2.00 bits per heavy atom. The molecule has 1 atom stereocenters. The first-order valence-corrected chi connectivity index (χ1v) is 9.81. The Bertz CT molecular complexity index is 1000. The lowest BCUT2D eigenvalue weighted by atomic mass is 10.2. The summed E-state index contributed by atoms with van der Waals surface area (Å²) in [6.45, 7) is 6.94. The minimum atomic E-state index is -3.83. The highest BCUT2D eigenvalue weighted by molar-refractivity contribution is 7.89. The molecule has 9 nitrogen and oxygen atoms in total. The van der Waals surface area contributed by atoms with Gasteiger partial charge in [0.25, 0.3) is 0 Å². The molecular weight excluding hydrogens is 374 g/mol. The second-order valence-corrected chi connectivity index (χ2v) is 9.43. The van der Waals surface area contributed by atoms with Gasteiger partial charge in [-0.25, -0.2) is 18.0 Å². The molecule has 0 bridgehead atoms. The molecule has 0 aliphatic heterocycles. The fourth-order valence-electron chi connectivity index (χ4n) is 2.49. The molecular formula is C17H25N3O6S. The standard InChI is InChI=1S/C17H25N3O6S/c1-11(18-15(21)26-17(2,3)4)10-19(5)27(23,24)12-7-8-13-14(9-12)25-16(22)20(13)6/h7-9,11H,10H2,1-6H3,(H,18,21)/t11-/m0/s1. The van der Waals surface area contributed by atoms with Crippen LogP contribution in [0.15, 0.2) is 32.3 Å². The third-order valence-corrected chi connectivity index (χ3v) is 5.59. The number of rotatable bonds is 5. The van der Waals surface area contributed by atoms with E-state index >= 15 is 0 Å². The average molecular weight is 399 g/mol. The van der Waals surface area contributed by atoms with Crippen molar-refractivity contribution in [3.8, 4) is 0 Å². The van der Waals surface area contributed by atoms with Gasteiger partial charge in [0.05, 0.1) is 10.4 Å². The van der Waals surface area contributed by atoms with E-state index in [0.29, 0.717) is 5.52 Å². The van der Waals surface area contributed by atoms with Crippen LogP contribution < -0.4 is 11.1 Å². The van der Waals surface area contributed by atoms with Crippen LogP contribution in [0.2, 0.25) is 0 Å². The summed E-state index contributed by atoms with van der Waals surface area (Å²) in [4.78, 5) is 23.4. The lowest BCUT2D eigenvalue weighted by Crippen LogP contribution is -2.44. The Kier molecular flexibility index (Phi) is 5.71. The molecule has 150 valence electrons. The van der Waals surface area contributed by atoms with E-state index in [-0.39, 0.29) is 17.0 Å². The summed E-state index contributed by atoms with van der Waals surface area (Å²) in [5, 5.41) is 2.60. The second kappa shape index (κ2) is 7.35. The van der Waals surface area contributed by atoms with Gasteiger partial charge in [-0.1, -0.05) is 0 Å². The molecule has 0 saturated heterocycles. The van der Waals surface area contributed by atoms with E-state index in [1.54, 1.807) is 34.7 Å². The molecule has 10 heteroatoms. The van der Waals surface area contributed by atoms with Crippen molar-refractivity contribution in [3.63, 3.8) is 0 Å². The molecule has 1 aromatic heterocycles. The number of carbonyl (C=O) groups is 1. The molecule has 1 heterocycles. The number of amides is 1. The predicted molar refractivity (Wildman–Crippen MR) is 100 cm³/mol. The summed E-state index contributed by atoms with van der Waals surface area (Å²) < 4.78 is 38.2. The van der Waals surface area contributed by atoms with Gasteiger partial charge in [0, 0.05) is 32.7 Å². The van der Waals surface area contributed by atoms with Gasteiger partial charge in [0.2, 0.25) is 10.0 Å². The molecule has 0 fully saturated rings. The van der Waals surface area contributed by atoms with Crippen LogP contribution in [-0.4, -0.2) is 48.6 Å². The van der Waals surface area contributed by atoms with Crippen molar-refractivity contribution in [2.24, 2.45) is 7.05 Å². The SMILES string of the molecule is C[C@@H](CN(C)S(=O)(=O)c1ccc2c(c1)oc(=O)n2C)NC(=O)OC(C)(C)C. The predicted octanol–water partition coefficient (Wildman–Crippen LogP) is 1.67. The van der Waals surface area contributed by atoms with E-state index in [9.17, 15) is 18.0 Å². The third kappa shape index (κ3) is 4.89. The van der Waals surface area contributed by atoms with Crippen LogP contribution in [0.4, 0.5) is 4.79 Å². The van der Waals surface area contributed by atoms with E-state index in [1.807, 2.05) is 0 Å². The number of sulfonamides is 1. The molecule has 0 saturated carbocycles. The van der Waals surface area contributed by atoms with Crippen molar-refractivity contribution in [1.29, 1.82) is 0 Å². The summed E-state index contributed by atoms with van der Waals surface area (Å²) in [6, 6.07) is 3.77. The number of nitrogens with one attached hydrogen (secondary N) is 1. The molecule has 1 amide bonds. The summed E-state index contributed by atoms with van der Waals surface area (Å²) in [5.74, 6) is -0.567. The first kappa shape index (κ1) is 21.0. The lowest BCUT2D eigenvalue weighted by Gasteiger charge is -2.24. The van der Waals surface area contributed by atoms with Gasteiger partial charge in [-0.2, -0.15) is 4.31 Å². The highest BCUT2D eigenvalue weighted by Crippen LogP contribution is 2.20. The number of hydrogen-bond acceptors (Lipinski definition) is 6. The van der Waals surface area contributed by atoms with E-state index in [4.69, 9.17) is 9.15 Å². The molecule has 2 rings (SSSR count). The maximum Gasteiger partial charge on any atom is 0.419 e. The topological polar surface area (TPSA) is 111 Å². The van der Waals surface area contributed by atoms with Crippen LogP contribution in [0, 0.1) is 0 Å². The molecule has 0 aliphatic rings. The average Bonchev–Trinajstić information content (AvgIpc) is 2.79. The van der Waals surface area contributed by atoms with Gasteiger partial charge in [0.1, 0.15) is 5.60 Å². The first-order valence-electron chi connectivity index (χ1n) is 8.36. The number of fused-ring (bicyclic) bond motifs is 1. The Morgan fingerprint density at radius 1 is 1.37 bits per heavy atom. The quantitative estimate of drug-likeness (QED) is 0.819. The van der Waals surface area contributed by atoms with Crippen LogP contribution >= 0.6 is 0 Å². The van der Waals surface area contributed by atoms with Crippen LogP contribution in [-0.2, 0) is 21.8 Å². The smallest absolute Gasteiger partial charge is 0.419 e. The number of ether oxygens (including phenoxy) is 1. The van der Waals surface area contributed by atoms with Crippen molar-refractivity contribution in [2.45, 2.75) is 44.2 Å². The van der Waals surface area contributed by atoms with E-state index in [0.717, 1.165) is 4.31 Å². The van der Waals surface area contributed by atoms with Gasteiger partial charge in [-0.3, -0.25) is 4.57 Å². The van der Waals surface area contributed by atoms with E-state index in [2.05, 4.69) is 5.32 Å². The number of benzene rings is 1. The van der Waals surface area contributed by atoms with Crippen LogP contribution in [0.3, 0.4) is 0 Å². The van der Waals surface area contributed by atoms with Crippen LogP contribution in [0.25, 0.3) is 11.1 Å². The van der Waals surface area contributed by atoms with E-state index < -0.39 is 33.5 Å². The van der Waals surface area contributed by atoms with Crippen molar-refractivity contribution < 1.29 is 22.4 Å². The Hall–Kier alpha value is -2.33. The number of alkyl carbamates (subject to hydrolysis) is 1. The monoisotopic (exact) mass is 399 g/mol.